The summed E-state index contributed by atoms with van der Waals surface area (Å²) < 4.78 is 41.9. The molecule has 2 aliphatic rings. The van der Waals surface area contributed by atoms with E-state index in [-0.39, 0.29) is 43.4 Å². The average molecular weight is 471 g/mol. The van der Waals surface area contributed by atoms with E-state index in [0.717, 1.165) is 0 Å². The van der Waals surface area contributed by atoms with Crippen molar-refractivity contribution in [3.05, 3.63) is 42.5 Å². The van der Waals surface area contributed by atoms with E-state index in [9.17, 15) is 13.2 Å². The number of ether oxygens (including phenoxy) is 3. The topological polar surface area (TPSA) is 123 Å². The van der Waals surface area contributed by atoms with Gasteiger partial charge in [-0.1, -0.05) is 0 Å². The zero-order chi connectivity index (χ0) is 21.2. The van der Waals surface area contributed by atoms with Gasteiger partial charge in [0.15, 0.2) is 21.3 Å². The Hall–Kier alpha value is -2.53. The number of rotatable bonds is 6. The molecule has 0 aliphatic carbocycles. The molecule has 0 unspecified atom stereocenters. The van der Waals surface area contributed by atoms with Crippen molar-refractivity contribution < 1.29 is 32.6 Å². The molecule has 0 bridgehead atoms. The van der Waals surface area contributed by atoms with E-state index in [1.54, 1.807) is 35.8 Å². The van der Waals surface area contributed by atoms with Crippen molar-refractivity contribution in [2.24, 2.45) is 0 Å². The summed E-state index contributed by atoms with van der Waals surface area (Å²) in [6.07, 6.45) is 0.249. The Morgan fingerprint density at radius 1 is 1.06 bits per heavy atom. The Kier molecular flexibility index (Phi) is 6.95. The van der Waals surface area contributed by atoms with Gasteiger partial charge < -0.3 is 19.5 Å². The number of hydrogen-bond acceptors (Lipinski definition) is 8. The van der Waals surface area contributed by atoms with Crippen LogP contribution >= 0.6 is 12.4 Å². The van der Waals surface area contributed by atoms with Gasteiger partial charge in [-0.05, 0) is 62.3 Å². The van der Waals surface area contributed by atoms with Gasteiger partial charge in [-0.25, -0.2) is 13.9 Å². The van der Waals surface area contributed by atoms with Crippen LogP contribution in [-0.2, 0) is 14.6 Å². The lowest BCUT2D eigenvalue weighted by molar-refractivity contribution is -0.130. The molecule has 31 heavy (non-hydrogen) atoms. The van der Waals surface area contributed by atoms with Crippen molar-refractivity contribution in [2.45, 2.75) is 28.9 Å². The first-order valence-corrected chi connectivity index (χ1v) is 11.0. The summed E-state index contributed by atoms with van der Waals surface area (Å²) in [7, 11) is -3.83. The van der Waals surface area contributed by atoms with E-state index < -0.39 is 20.5 Å². The molecule has 2 heterocycles. The largest absolute Gasteiger partial charge is 0.457 e. The second-order valence-electron chi connectivity index (χ2n) is 7.24. The minimum Gasteiger partial charge on any atom is -0.457 e. The predicted molar refractivity (Wildman–Crippen MR) is 113 cm³/mol. The fourth-order valence-electron chi connectivity index (χ4n) is 3.77. The standard InChI is InChI=1S/C20H22N2O7S.ClH/c23-19(22-24)12-20(7-9-21-10-8-20)30(25,26)16-4-1-14(2-5-16)29-15-3-6-17-18(11-15)28-13-27-17;/h1-6,11,21,24H,7-10,12-13H2,(H,22,23);1H. The lowest BCUT2D eigenvalue weighted by atomic mass is 9.93. The van der Waals surface area contributed by atoms with Crippen LogP contribution in [0.15, 0.2) is 47.4 Å². The quantitative estimate of drug-likeness (QED) is 0.434. The van der Waals surface area contributed by atoms with Gasteiger partial charge in [-0.3, -0.25) is 10.0 Å². The molecule has 1 fully saturated rings. The van der Waals surface area contributed by atoms with Gasteiger partial charge in [0.25, 0.3) is 0 Å². The minimum absolute atomic E-state index is 0. The zero-order valence-corrected chi connectivity index (χ0v) is 18.1. The van der Waals surface area contributed by atoms with Crippen LogP contribution in [0.5, 0.6) is 23.0 Å². The second kappa shape index (κ2) is 9.31. The van der Waals surface area contributed by atoms with Crippen molar-refractivity contribution >= 4 is 28.2 Å². The van der Waals surface area contributed by atoms with Crippen molar-refractivity contribution in [2.75, 3.05) is 19.9 Å². The molecule has 1 amide bonds. The molecular formula is C20H23ClN2O7S. The number of carbonyl (C=O) groups is 1. The number of nitrogens with one attached hydrogen (secondary N) is 2. The molecule has 3 N–H and O–H groups in total. The SMILES string of the molecule is Cl.O=C(CC1(S(=O)(=O)c2ccc(Oc3ccc4c(c3)OCO4)cc2)CCNCC1)NO. The molecule has 0 aromatic heterocycles. The van der Waals surface area contributed by atoms with Crippen LogP contribution in [0, 0.1) is 0 Å². The van der Waals surface area contributed by atoms with Crippen molar-refractivity contribution in [3.63, 3.8) is 0 Å². The highest BCUT2D eigenvalue weighted by molar-refractivity contribution is 7.92. The van der Waals surface area contributed by atoms with Crippen LogP contribution in [-0.4, -0.2) is 44.2 Å². The highest BCUT2D eigenvalue weighted by Crippen LogP contribution is 2.39. The number of benzene rings is 2. The maximum absolute atomic E-state index is 13.4. The first kappa shape index (κ1) is 23.1. The fraction of sp³-hybridized carbons (Fsp3) is 0.350. The van der Waals surface area contributed by atoms with Gasteiger partial charge in [0.1, 0.15) is 11.5 Å². The number of carbonyl (C=O) groups excluding carboxylic acids is 1. The number of fused-ring (bicyclic) bond motifs is 1. The average Bonchev–Trinajstić information content (AvgIpc) is 3.22. The van der Waals surface area contributed by atoms with E-state index in [1.165, 1.54) is 12.1 Å². The summed E-state index contributed by atoms with van der Waals surface area (Å²) in [6.45, 7) is 1.11. The van der Waals surface area contributed by atoms with Gasteiger partial charge in [0, 0.05) is 12.5 Å². The predicted octanol–water partition coefficient (Wildman–Crippen LogP) is 2.42. The van der Waals surface area contributed by atoms with E-state index in [4.69, 9.17) is 19.4 Å². The van der Waals surface area contributed by atoms with Gasteiger partial charge in [0.2, 0.25) is 12.7 Å². The fourth-order valence-corrected chi connectivity index (χ4v) is 5.83. The zero-order valence-electron chi connectivity index (χ0n) is 16.5. The molecule has 0 spiro atoms. The second-order valence-corrected chi connectivity index (χ2v) is 9.58. The Morgan fingerprint density at radius 2 is 1.71 bits per heavy atom. The summed E-state index contributed by atoms with van der Waals surface area (Å²) >= 11 is 0. The number of halogens is 1. The number of sulfone groups is 1. The minimum atomic E-state index is -3.83. The molecule has 0 saturated carbocycles. The van der Waals surface area contributed by atoms with Crippen molar-refractivity contribution in [3.8, 4) is 23.0 Å². The molecule has 9 nitrogen and oxygen atoms in total. The van der Waals surface area contributed by atoms with Gasteiger partial charge >= 0.3 is 0 Å². The summed E-state index contributed by atoms with van der Waals surface area (Å²) in [6, 6.07) is 11.2. The maximum atomic E-state index is 13.4. The summed E-state index contributed by atoms with van der Waals surface area (Å²) in [5, 5.41) is 12.0. The Labute approximate surface area is 186 Å². The Bertz CT molecular complexity index is 1040. The summed E-state index contributed by atoms with van der Waals surface area (Å²) in [5.41, 5.74) is 1.55. The highest BCUT2D eigenvalue weighted by atomic mass is 35.5. The lowest BCUT2D eigenvalue weighted by Crippen LogP contribution is -2.50. The van der Waals surface area contributed by atoms with Crippen LogP contribution in [0.4, 0.5) is 0 Å². The molecule has 1 saturated heterocycles. The van der Waals surface area contributed by atoms with Crippen LogP contribution in [0.3, 0.4) is 0 Å². The third-order valence-electron chi connectivity index (χ3n) is 5.41. The molecule has 2 aromatic rings. The highest BCUT2D eigenvalue weighted by Gasteiger charge is 2.46. The molecule has 11 heteroatoms. The maximum Gasteiger partial charge on any atom is 0.244 e. The Morgan fingerprint density at radius 3 is 2.39 bits per heavy atom. The van der Waals surface area contributed by atoms with Gasteiger partial charge in [0.05, 0.1) is 9.64 Å². The molecule has 168 valence electrons. The van der Waals surface area contributed by atoms with Crippen LogP contribution in [0.25, 0.3) is 0 Å². The molecule has 0 radical (unpaired) electrons. The monoisotopic (exact) mass is 470 g/mol. The van der Waals surface area contributed by atoms with E-state index in [2.05, 4.69) is 5.32 Å². The molecular weight excluding hydrogens is 448 g/mol. The van der Waals surface area contributed by atoms with Gasteiger partial charge in [-0.2, -0.15) is 0 Å². The van der Waals surface area contributed by atoms with Crippen LogP contribution in [0.1, 0.15) is 19.3 Å². The first-order chi connectivity index (χ1) is 14.4. The van der Waals surface area contributed by atoms with Crippen LogP contribution < -0.4 is 25.0 Å². The Balaban J connectivity index is 0.00000272. The molecule has 2 aliphatic heterocycles. The normalized spacial score (nSPS) is 16.8. The third-order valence-corrected chi connectivity index (χ3v) is 7.99. The third kappa shape index (κ3) is 4.57. The summed E-state index contributed by atoms with van der Waals surface area (Å²) in [5.74, 6) is 1.50. The number of amides is 1. The molecule has 0 atom stereocenters. The first-order valence-electron chi connectivity index (χ1n) is 9.49. The van der Waals surface area contributed by atoms with Gasteiger partial charge in [-0.15, -0.1) is 12.4 Å². The van der Waals surface area contributed by atoms with Crippen molar-refractivity contribution in [1.82, 2.24) is 10.8 Å². The number of hydroxylamine groups is 1. The van der Waals surface area contributed by atoms with Crippen LogP contribution in [0.2, 0.25) is 0 Å². The molecule has 4 rings (SSSR count). The van der Waals surface area contributed by atoms with E-state index >= 15 is 0 Å². The summed E-state index contributed by atoms with van der Waals surface area (Å²) in [4.78, 5) is 11.9. The number of hydrogen-bond donors (Lipinski definition) is 3. The number of piperidine rings is 1. The lowest BCUT2D eigenvalue weighted by Gasteiger charge is -2.36. The van der Waals surface area contributed by atoms with E-state index in [0.29, 0.717) is 36.1 Å². The molecule has 2 aromatic carbocycles. The van der Waals surface area contributed by atoms with Crippen molar-refractivity contribution in [1.29, 1.82) is 0 Å². The smallest absolute Gasteiger partial charge is 0.244 e. The van der Waals surface area contributed by atoms with E-state index in [1.807, 2.05) is 0 Å².